The Balaban J connectivity index is 1.45. The molecule has 1 aliphatic heterocycles. The number of nitrogens with zero attached hydrogens (tertiary/aromatic N) is 1. The number of hydrogen-bond donors (Lipinski definition) is 2. The number of carbonyl (C=O) groups excluding carboxylic acids is 1. The van der Waals surface area contributed by atoms with Crippen molar-refractivity contribution in [3.8, 4) is 0 Å². The smallest absolute Gasteiger partial charge is 0.243 e. The highest BCUT2D eigenvalue weighted by Gasteiger charge is 2.33. The fraction of sp³-hybridized carbons (Fsp3) is 0.381. The van der Waals surface area contributed by atoms with E-state index < -0.39 is 26.0 Å². The maximum absolute atomic E-state index is 13.0. The molecule has 32 heavy (non-hydrogen) atoms. The molecule has 2 aliphatic rings. The average molecular weight is 498 g/mol. The lowest BCUT2D eigenvalue weighted by Crippen LogP contribution is -2.43. The standard InChI is InChI=1S/C21H24ClN3O5S2/c22-16-6-10-19(11-7-16)32(29,30)25-12-2-3-15(14-25)21(26)23-18-4-1-5-20(13-18)31(27,28)24-17-8-9-17/h1,4-7,10-11,13,15,17,24H,2-3,8-9,12,14H2,(H,23,26)/t15-/m0/s1. The molecule has 4 rings (SSSR count). The molecule has 8 nitrogen and oxygen atoms in total. The zero-order valence-corrected chi connectivity index (χ0v) is 19.6. The molecule has 1 saturated heterocycles. The summed E-state index contributed by atoms with van der Waals surface area (Å²) in [6.07, 6.45) is 2.74. The molecule has 0 spiro atoms. The van der Waals surface area contributed by atoms with E-state index >= 15 is 0 Å². The van der Waals surface area contributed by atoms with Crippen molar-refractivity contribution in [3.05, 3.63) is 53.6 Å². The van der Waals surface area contributed by atoms with E-state index in [1.807, 2.05) is 0 Å². The monoisotopic (exact) mass is 497 g/mol. The van der Waals surface area contributed by atoms with Crippen LogP contribution < -0.4 is 10.0 Å². The number of carbonyl (C=O) groups is 1. The Labute approximate surface area is 193 Å². The molecule has 1 aliphatic carbocycles. The van der Waals surface area contributed by atoms with E-state index in [0.29, 0.717) is 30.1 Å². The SMILES string of the molecule is O=C(Nc1cccc(S(=O)(=O)NC2CC2)c1)[C@H]1CCCN(S(=O)(=O)c2ccc(Cl)cc2)C1. The molecule has 0 aromatic heterocycles. The van der Waals surface area contributed by atoms with E-state index in [1.54, 1.807) is 12.1 Å². The molecular weight excluding hydrogens is 474 g/mol. The zero-order chi connectivity index (χ0) is 22.9. The Kier molecular flexibility index (Phi) is 6.60. The maximum atomic E-state index is 13.0. The first kappa shape index (κ1) is 23.2. The maximum Gasteiger partial charge on any atom is 0.243 e. The highest BCUT2D eigenvalue weighted by atomic mass is 35.5. The molecule has 2 N–H and O–H groups in total. The Hall–Kier alpha value is -1.98. The van der Waals surface area contributed by atoms with Gasteiger partial charge >= 0.3 is 0 Å². The number of benzene rings is 2. The van der Waals surface area contributed by atoms with Gasteiger partial charge in [0.2, 0.25) is 26.0 Å². The summed E-state index contributed by atoms with van der Waals surface area (Å²) in [5.41, 5.74) is 0.353. The first-order chi connectivity index (χ1) is 15.1. The van der Waals surface area contributed by atoms with Crippen LogP contribution in [-0.2, 0) is 24.8 Å². The number of sulfonamides is 2. The van der Waals surface area contributed by atoms with E-state index in [4.69, 9.17) is 11.6 Å². The van der Waals surface area contributed by atoms with Gasteiger partial charge in [0.25, 0.3) is 0 Å². The molecule has 2 fully saturated rings. The molecule has 2 aromatic rings. The van der Waals surface area contributed by atoms with Gasteiger partial charge < -0.3 is 5.32 Å². The summed E-state index contributed by atoms with van der Waals surface area (Å²) in [5, 5.41) is 3.18. The number of piperidine rings is 1. The fourth-order valence-corrected chi connectivity index (χ4v) is 6.60. The molecular formula is C21H24ClN3O5S2. The summed E-state index contributed by atoms with van der Waals surface area (Å²) in [6.45, 7) is 0.382. The molecule has 11 heteroatoms. The number of rotatable bonds is 7. The number of halogens is 1. The molecule has 0 unspecified atom stereocenters. The normalized spacial score (nSPS) is 20.1. The lowest BCUT2D eigenvalue weighted by Gasteiger charge is -2.31. The van der Waals surface area contributed by atoms with Crippen molar-refractivity contribution >= 4 is 43.2 Å². The molecule has 1 heterocycles. The van der Waals surface area contributed by atoms with E-state index in [-0.39, 0.29) is 28.3 Å². The predicted molar refractivity (Wildman–Crippen MR) is 121 cm³/mol. The summed E-state index contributed by atoms with van der Waals surface area (Å²) >= 11 is 5.85. The van der Waals surface area contributed by atoms with Crippen LogP contribution in [0.2, 0.25) is 5.02 Å². The second-order valence-electron chi connectivity index (χ2n) is 8.07. The van der Waals surface area contributed by atoms with Crippen LogP contribution in [0.4, 0.5) is 5.69 Å². The molecule has 172 valence electrons. The minimum absolute atomic E-state index is 0.0194. The molecule has 1 atom stereocenters. The van der Waals surface area contributed by atoms with E-state index in [0.717, 1.165) is 12.8 Å². The lowest BCUT2D eigenvalue weighted by molar-refractivity contribution is -0.120. The Bertz CT molecular complexity index is 1210. The minimum Gasteiger partial charge on any atom is -0.326 e. The predicted octanol–water partition coefficient (Wildman–Crippen LogP) is 2.82. The topological polar surface area (TPSA) is 113 Å². The van der Waals surface area contributed by atoms with Crippen LogP contribution in [0, 0.1) is 5.92 Å². The molecule has 2 aromatic carbocycles. The van der Waals surface area contributed by atoms with Crippen molar-refractivity contribution in [1.82, 2.24) is 9.03 Å². The molecule has 1 saturated carbocycles. The molecule has 0 radical (unpaired) electrons. The van der Waals surface area contributed by atoms with Crippen molar-refractivity contribution in [2.24, 2.45) is 5.92 Å². The number of hydrogen-bond acceptors (Lipinski definition) is 5. The van der Waals surface area contributed by atoms with Gasteiger partial charge in [-0.3, -0.25) is 4.79 Å². The highest BCUT2D eigenvalue weighted by molar-refractivity contribution is 7.89. The summed E-state index contributed by atoms with van der Waals surface area (Å²) < 4.78 is 54.7. The van der Waals surface area contributed by atoms with Gasteiger partial charge in [0.05, 0.1) is 15.7 Å². The van der Waals surface area contributed by atoms with Crippen molar-refractivity contribution in [1.29, 1.82) is 0 Å². The van der Waals surface area contributed by atoms with Crippen molar-refractivity contribution < 1.29 is 21.6 Å². The largest absolute Gasteiger partial charge is 0.326 e. The fourth-order valence-electron chi connectivity index (χ4n) is 3.60. The zero-order valence-electron chi connectivity index (χ0n) is 17.2. The quantitative estimate of drug-likeness (QED) is 0.610. The van der Waals surface area contributed by atoms with E-state index in [2.05, 4.69) is 10.0 Å². The lowest BCUT2D eigenvalue weighted by atomic mass is 9.99. The molecule has 0 bridgehead atoms. The van der Waals surface area contributed by atoms with Crippen LogP contribution in [0.15, 0.2) is 58.3 Å². The van der Waals surface area contributed by atoms with Crippen LogP contribution in [-0.4, -0.2) is 46.2 Å². The summed E-state index contributed by atoms with van der Waals surface area (Å²) in [5.74, 6) is -0.888. The van der Waals surface area contributed by atoms with Gasteiger partial charge in [0.1, 0.15) is 0 Å². The van der Waals surface area contributed by atoms with Gasteiger partial charge in [-0.2, -0.15) is 4.31 Å². The first-order valence-corrected chi connectivity index (χ1v) is 13.6. The highest BCUT2D eigenvalue weighted by Crippen LogP contribution is 2.27. The van der Waals surface area contributed by atoms with Gasteiger partial charge in [-0.15, -0.1) is 0 Å². The van der Waals surface area contributed by atoms with Gasteiger partial charge in [0.15, 0.2) is 0 Å². The third-order valence-corrected chi connectivity index (χ3v) is 9.17. The minimum atomic E-state index is -3.74. The number of nitrogens with one attached hydrogen (secondary N) is 2. The second-order valence-corrected chi connectivity index (χ2v) is 12.2. The van der Waals surface area contributed by atoms with Gasteiger partial charge in [-0.05, 0) is 68.1 Å². The summed E-state index contributed by atoms with van der Waals surface area (Å²) in [6, 6.07) is 12.0. The second kappa shape index (κ2) is 9.11. The van der Waals surface area contributed by atoms with Crippen molar-refractivity contribution in [2.75, 3.05) is 18.4 Å². The van der Waals surface area contributed by atoms with Gasteiger partial charge in [-0.25, -0.2) is 21.6 Å². The van der Waals surface area contributed by atoms with Crippen molar-refractivity contribution in [3.63, 3.8) is 0 Å². The molecule has 1 amide bonds. The van der Waals surface area contributed by atoms with Crippen LogP contribution in [0.3, 0.4) is 0 Å². The van der Waals surface area contributed by atoms with Crippen LogP contribution >= 0.6 is 11.6 Å². The summed E-state index contributed by atoms with van der Waals surface area (Å²) in [7, 11) is -7.38. The van der Waals surface area contributed by atoms with Crippen LogP contribution in [0.5, 0.6) is 0 Å². The van der Waals surface area contributed by atoms with E-state index in [1.165, 1.54) is 40.7 Å². The van der Waals surface area contributed by atoms with Crippen LogP contribution in [0.25, 0.3) is 0 Å². The third kappa shape index (κ3) is 5.32. The van der Waals surface area contributed by atoms with Crippen LogP contribution in [0.1, 0.15) is 25.7 Å². The Morgan fingerprint density at radius 3 is 2.38 bits per heavy atom. The number of amides is 1. The first-order valence-electron chi connectivity index (χ1n) is 10.3. The average Bonchev–Trinajstić information content (AvgIpc) is 3.58. The summed E-state index contributed by atoms with van der Waals surface area (Å²) in [4.78, 5) is 13.1. The Morgan fingerprint density at radius 2 is 1.69 bits per heavy atom. The van der Waals surface area contributed by atoms with Gasteiger partial charge in [0, 0.05) is 29.8 Å². The van der Waals surface area contributed by atoms with E-state index in [9.17, 15) is 21.6 Å². The Morgan fingerprint density at radius 1 is 0.969 bits per heavy atom. The third-order valence-electron chi connectivity index (χ3n) is 5.52. The van der Waals surface area contributed by atoms with Crippen molar-refractivity contribution in [2.45, 2.75) is 41.5 Å². The van der Waals surface area contributed by atoms with Gasteiger partial charge in [-0.1, -0.05) is 17.7 Å². The number of anilines is 1.